The lowest BCUT2D eigenvalue weighted by Gasteiger charge is -2.12. The second-order valence-electron chi connectivity index (χ2n) is 9.24. The zero-order chi connectivity index (χ0) is 24.5. The Bertz CT molecular complexity index is 1560. The van der Waals surface area contributed by atoms with Gasteiger partial charge in [0.15, 0.2) is 0 Å². The van der Waals surface area contributed by atoms with E-state index in [-0.39, 0.29) is 5.91 Å². The van der Waals surface area contributed by atoms with Crippen LogP contribution in [0.5, 0.6) is 0 Å². The monoisotopic (exact) mass is 493 g/mol. The van der Waals surface area contributed by atoms with Crippen LogP contribution < -0.4 is 5.32 Å². The minimum Gasteiger partial charge on any atom is -0.467 e. The second kappa shape index (κ2) is 9.63. The average molecular weight is 494 g/mol. The van der Waals surface area contributed by atoms with Crippen molar-refractivity contribution in [2.45, 2.75) is 39.2 Å². The molecule has 0 fully saturated rings. The largest absolute Gasteiger partial charge is 0.467 e. The summed E-state index contributed by atoms with van der Waals surface area (Å²) in [5.74, 6) is 0.648. The summed E-state index contributed by atoms with van der Waals surface area (Å²) >= 11 is 1.65. The van der Waals surface area contributed by atoms with E-state index >= 15 is 0 Å². The molecule has 3 aromatic heterocycles. The van der Waals surface area contributed by atoms with Gasteiger partial charge in [0.25, 0.3) is 5.91 Å². The Labute approximate surface area is 213 Å². The lowest BCUT2D eigenvalue weighted by molar-refractivity contribution is 0.0948. The minimum absolute atomic E-state index is 0.0870. The zero-order valence-electron chi connectivity index (χ0n) is 20.1. The number of aliphatic imine (C=N–C) groups is 1. The van der Waals surface area contributed by atoms with Gasteiger partial charge >= 0.3 is 0 Å². The van der Waals surface area contributed by atoms with Crippen molar-refractivity contribution in [2.24, 2.45) is 4.99 Å². The first-order valence-electron chi connectivity index (χ1n) is 12.3. The van der Waals surface area contributed by atoms with Crippen molar-refractivity contribution in [3.05, 3.63) is 99.8 Å². The Morgan fingerprint density at radius 2 is 1.97 bits per heavy atom. The predicted octanol–water partition coefficient (Wildman–Crippen LogP) is 7.36. The summed E-state index contributed by atoms with van der Waals surface area (Å²) in [4.78, 5) is 23.2. The Balaban J connectivity index is 1.42. The van der Waals surface area contributed by atoms with Crippen LogP contribution in [0, 0.1) is 6.92 Å². The van der Waals surface area contributed by atoms with E-state index in [4.69, 9.17) is 9.41 Å². The summed E-state index contributed by atoms with van der Waals surface area (Å²) in [5.41, 5.74) is 7.32. The second-order valence-corrected chi connectivity index (χ2v) is 10.3. The van der Waals surface area contributed by atoms with Crippen molar-refractivity contribution in [2.75, 3.05) is 0 Å². The van der Waals surface area contributed by atoms with Gasteiger partial charge in [0.2, 0.25) is 0 Å². The molecule has 2 aromatic carbocycles. The van der Waals surface area contributed by atoms with Gasteiger partial charge in [-0.2, -0.15) is 0 Å². The molecule has 1 aliphatic rings. The maximum Gasteiger partial charge on any atom is 0.255 e. The number of hydrogen-bond acceptors (Lipinski definition) is 4. The van der Waals surface area contributed by atoms with E-state index in [0.717, 1.165) is 75.3 Å². The van der Waals surface area contributed by atoms with Crippen molar-refractivity contribution in [1.29, 1.82) is 0 Å². The number of nitrogens with one attached hydrogen (secondary N) is 2. The van der Waals surface area contributed by atoms with Crippen molar-refractivity contribution >= 4 is 39.4 Å². The van der Waals surface area contributed by atoms with Crippen LogP contribution in [0.4, 0.5) is 5.00 Å². The Morgan fingerprint density at radius 1 is 1.11 bits per heavy atom. The number of aryl methyl sites for hydroxylation is 2. The number of H-pyrrole nitrogens is 1. The van der Waals surface area contributed by atoms with Gasteiger partial charge in [-0.3, -0.25) is 4.79 Å². The summed E-state index contributed by atoms with van der Waals surface area (Å²) in [7, 11) is 0. The van der Waals surface area contributed by atoms with E-state index in [1.54, 1.807) is 17.6 Å². The number of furan rings is 1. The van der Waals surface area contributed by atoms with Gasteiger partial charge < -0.3 is 14.7 Å². The van der Waals surface area contributed by atoms with Gasteiger partial charge in [-0.25, -0.2) is 4.99 Å². The molecule has 180 valence electrons. The molecule has 6 rings (SSSR count). The van der Waals surface area contributed by atoms with Crippen molar-refractivity contribution in [3.8, 4) is 11.3 Å². The Kier molecular flexibility index (Phi) is 6.03. The highest BCUT2D eigenvalue weighted by molar-refractivity contribution is 7.16. The number of amides is 1. The number of benzene rings is 2. The molecule has 0 unspecified atom stereocenters. The molecule has 0 spiro atoms. The van der Waals surface area contributed by atoms with Gasteiger partial charge in [-0.15, -0.1) is 11.3 Å². The fraction of sp³-hybridized carbons (Fsp3) is 0.200. The lowest BCUT2D eigenvalue weighted by atomic mass is 9.95. The van der Waals surface area contributed by atoms with Crippen molar-refractivity contribution in [3.63, 3.8) is 0 Å². The van der Waals surface area contributed by atoms with E-state index in [1.165, 1.54) is 10.4 Å². The molecule has 3 heterocycles. The molecule has 0 bridgehead atoms. The van der Waals surface area contributed by atoms with E-state index in [9.17, 15) is 4.79 Å². The van der Waals surface area contributed by atoms with Crippen LogP contribution in [0.15, 0.2) is 76.3 Å². The van der Waals surface area contributed by atoms with Gasteiger partial charge in [-0.05, 0) is 68.0 Å². The molecule has 5 nitrogen and oxygen atoms in total. The number of aromatic nitrogens is 1. The SMILES string of the molecule is Cc1ccc2[nH]c(-c3ccccc3)c(C=Nc3sc4c(c3C(=O)NCc3ccco3)CCCC4)c2c1. The van der Waals surface area contributed by atoms with Gasteiger partial charge in [-0.1, -0.05) is 42.0 Å². The molecular weight excluding hydrogens is 466 g/mol. The van der Waals surface area contributed by atoms with E-state index in [1.807, 2.05) is 36.5 Å². The highest BCUT2D eigenvalue weighted by Gasteiger charge is 2.25. The Hall–Kier alpha value is -3.90. The van der Waals surface area contributed by atoms with Crippen molar-refractivity contribution in [1.82, 2.24) is 10.3 Å². The number of carbonyl (C=O) groups is 1. The molecule has 0 radical (unpaired) electrons. The maximum absolute atomic E-state index is 13.4. The standard InChI is InChI=1S/C30H27N3O2S/c1-19-13-14-25-23(16-19)24(28(33-25)20-8-3-2-4-9-20)18-32-30-27(22-11-5-6-12-26(22)36-30)29(34)31-17-21-10-7-15-35-21/h2-4,7-10,13-16,18,33H,5-6,11-12,17H2,1H3,(H,31,34). The first kappa shape index (κ1) is 22.6. The number of fused-ring (bicyclic) bond motifs is 2. The normalized spacial score (nSPS) is 13.4. The van der Waals surface area contributed by atoms with E-state index in [2.05, 4.69) is 47.6 Å². The van der Waals surface area contributed by atoms with Crippen LogP contribution >= 0.6 is 11.3 Å². The highest BCUT2D eigenvalue weighted by Crippen LogP contribution is 2.40. The minimum atomic E-state index is -0.0870. The number of nitrogens with zero attached hydrogens (tertiary/aromatic N) is 1. The smallest absolute Gasteiger partial charge is 0.255 e. The first-order chi connectivity index (χ1) is 17.7. The third-order valence-electron chi connectivity index (χ3n) is 6.75. The zero-order valence-corrected chi connectivity index (χ0v) is 21.0. The van der Waals surface area contributed by atoms with E-state index in [0.29, 0.717) is 6.54 Å². The number of aromatic amines is 1. The molecule has 36 heavy (non-hydrogen) atoms. The number of carbonyl (C=O) groups excluding carboxylic acids is 1. The fourth-order valence-electron chi connectivity index (χ4n) is 4.96. The van der Waals surface area contributed by atoms with Crippen molar-refractivity contribution < 1.29 is 9.21 Å². The van der Waals surface area contributed by atoms with Crippen LogP contribution in [-0.4, -0.2) is 17.1 Å². The molecule has 0 saturated heterocycles. The molecule has 5 aromatic rings. The van der Waals surface area contributed by atoms with Gasteiger partial charge in [0, 0.05) is 27.6 Å². The molecule has 0 atom stereocenters. The molecule has 0 aliphatic heterocycles. The summed E-state index contributed by atoms with van der Waals surface area (Å²) in [5, 5.41) is 4.94. The van der Waals surface area contributed by atoms with Crippen LogP contribution in [-0.2, 0) is 19.4 Å². The number of thiophene rings is 1. The maximum atomic E-state index is 13.4. The topological polar surface area (TPSA) is 70.4 Å². The lowest BCUT2D eigenvalue weighted by Crippen LogP contribution is -2.23. The number of hydrogen-bond donors (Lipinski definition) is 2. The van der Waals surface area contributed by atoms with Crippen LogP contribution in [0.2, 0.25) is 0 Å². The van der Waals surface area contributed by atoms with Gasteiger partial charge in [0.1, 0.15) is 10.8 Å². The fourth-order valence-corrected chi connectivity index (χ4v) is 6.19. The van der Waals surface area contributed by atoms with Gasteiger partial charge in [0.05, 0.1) is 24.1 Å². The molecule has 6 heteroatoms. The quantitative estimate of drug-likeness (QED) is 0.243. The Morgan fingerprint density at radius 3 is 2.81 bits per heavy atom. The summed E-state index contributed by atoms with van der Waals surface area (Å²) in [6.07, 6.45) is 7.75. The summed E-state index contributed by atoms with van der Waals surface area (Å²) in [6, 6.07) is 20.4. The highest BCUT2D eigenvalue weighted by atomic mass is 32.1. The van der Waals surface area contributed by atoms with Crippen LogP contribution in [0.3, 0.4) is 0 Å². The van der Waals surface area contributed by atoms with E-state index < -0.39 is 0 Å². The molecule has 0 saturated carbocycles. The third kappa shape index (κ3) is 4.29. The number of rotatable bonds is 6. The summed E-state index contributed by atoms with van der Waals surface area (Å²) < 4.78 is 5.40. The third-order valence-corrected chi connectivity index (χ3v) is 7.95. The van der Waals surface area contributed by atoms with Crippen LogP contribution in [0.1, 0.15) is 50.5 Å². The summed E-state index contributed by atoms with van der Waals surface area (Å²) in [6.45, 7) is 2.46. The average Bonchev–Trinajstić information content (AvgIpc) is 3.63. The molecule has 1 aliphatic carbocycles. The first-order valence-corrected chi connectivity index (χ1v) is 13.2. The molecule has 1 amide bonds. The predicted molar refractivity (Wildman–Crippen MR) is 147 cm³/mol. The van der Waals surface area contributed by atoms with Crippen LogP contribution in [0.25, 0.3) is 22.2 Å². The molecular formula is C30H27N3O2S. The molecule has 2 N–H and O–H groups in total.